The van der Waals surface area contributed by atoms with Crippen molar-refractivity contribution in [3.63, 3.8) is 0 Å². The van der Waals surface area contributed by atoms with E-state index in [1.165, 1.54) is 5.56 Å². The van der Waals surface area contributed by atoms with E-state index in [0.717, 1.165) is 29.9 Å². The molecule has 0 unspecified atom stereocenters. The molecule has 9 heteroatoms. The highest BCUT2D eigenvalue weighted by Crippen LogP contribution is 2.32. The van der Waals surface area contributed by atoms with Gasteiger partial charge in [-0.3, -0.25) is 16.1 Å². The van der Waals surface area contributed by atoms with E-state index in [0.29, 0.717) is 13.1 Å². The maximum Gasteiger partial charge on any atom is 0.233 e. The summed E-state index contributed by atoms with van der Waals surface area (Å²) in [5, 5.41) is 18.4. The van der Waals surface area contributed by atoms with Crippen molar-refractivity contribution in [2.75, 3.05) is 19.9 Å². The van der Waals surface area contributed by atoms with Gasteiger partial charge in [-0.2, -0.15) is 0 Å². The van der Waals surface area contributed by atoms with Crippen molar-refractivity contribution >= 4 is 36.8 Å². The van der Waals surface area contributed by atoms with Crippen LogP contribution in [0.2, 0.25) is 0 Å². The van der Waals surface area contributed by atoms with Crippen molar-refractivity contribution in [1.29, 1.82) is 10.8 Å². The van der Waals surface area contributed by atoms with Crippen LogP contribution in [0.5, 0.6) is 11.5 Å². The van der Waals surface area contributed by atoms with Gasteiger partial charge in [-0.15, -0.1) is 16.8 Å². The Morgan fingerprint density at radius 2 is 1.68 bits per heavy atom. The third-order valence-electron chi connectivity index (χ3n) is 4.26. The number of hydrogen-bond acceptors (Lipinski definition) is 5. The largest absolute Gasteiger partial charge is 0.454 e. The average Bonchev–Trinajstić information content (AvgIpc) is 3.16. The van der Waals surface area contributed by atoms with Crippen LogP contribution in [0, 0.1) is 10.8 Å². The molecule has 2 aromatic rings. The Kier molecular flexibility index (Phi) is 8.16. The van der Waals surface area contributed by atoms with E-state index >= 15 is 0 Å². The molecule has 0 saturated carbocycles. The summed E-state index contributed by atoms with van der Waals surface area (Å²) in [4.78, 5) is 1.88. The first-order valence-electron chi connectivity index (χ1n) is 8.60. The molecule has 2 aromatic carbocycles. The zero-order valence-corrected chi connectivity index (χ0v) is 16.8. The van der Waals surface area contributed by atoms with Crippen LogP contribution in [-0.4, -0.2) is 36.7 Å². The lowest BCUT2D eigenvalue weighted by atomic mass is 10.1. The molecule has 0 amide bonds. The second kappa shape index (κ2) is 10.6. The number of ether oxygens (including phenoxy) is 2. The van der Waals surface area contributed by atoms with E-state index in [4.69, 9.17) is 20.3 Å². The molecule has 3 N–H and O–H groups in total. The maximum absolute atomic E-state index is 8.26. The first-order chi connectivity index (χ1) is 13.2. The topological polar surface area (TPSA) is 93.8 Å². The van der Waals surface area contributed by atoms with Crippen LogP contribution in [0.15, 0.2) is 52.9 Å². The smallest absolute Gasteiger partial charge is 0.233 e. The Hall–Kier alpha value is -2.71. The zero-order valence-electron chi connectivity index (χ0n) is 15.2. The minimum Gasteiger partial charge on any atom is -0.454 e. The summed E-state index contributed by atoms with van der Waals surface area (Å²) in [7, 11) is 0. The van der Waals surface area contributed by atoms with Gasteiger partial charge in [0.15, 0.2) is 17.5 Å². The molecule has 0 aliphatic carbocycles. The molecule has 1 aliphatic heterocycles. The number of fused-ring (bicyclic) bond motifs is 1. The Morgan fingerprint density at radius 1 is 1.00 bits per heavy atom. The quantitative estimate of drug-likeness (QED) is 0.494. The fraction of sp³-hybridized carbons (Fsp3) is 0.263. The Bertz CT molecular complexity index is 834. The SMILES string of the molecule is Cl.N=C(N=S)NC(=N)N(CCc1ccccc1)CCc1ccc2c(c1)OCO2. The van der Waals surface area contributed by atoms with Crippen LogP contribution in [0.4, 0.5) is 0 Å². The number of guanidine groups is 2. The highest BCUT2D eigenvalue weighted by Gasteiger charge is 2.15. The fourth-order valence-corrected chi connectivity index (χ4v) is 2.86. The van der Waals surface area contributed by atoms with Crippen LogP contribution in [0.3, 0.4) is 0 Å². The first kappa shape index (κ1) is 21.6. The molecule has 7 nitrogen and oxygen atoms in total. The molecule has 0 fully saturated rings. The summed E-state index contributed by atoms with van der Waals surface area (Å²) < 4.78 is 14.1. The number of benzene rings is 2. The number of rotatable bonds is 6. The summed E-state index contributed by atoms with van der Waals surface area (Å²) in [6, 6.07) is 16.0. The summed E-state index contributed by atoms with van der Waals surface area (Å²) >= 11 is 4.50. The van der Waals surface area contributed by atoms with Gasteiger partial charge in [0, 0.05) is 25.5 Å². The van der Waals surface area contributed by atoms with Gasteiger partial charge >= 0.3 is 0 Å². The van der Waals surface area contributed by atoms with Gasteiger partial charge in [0.05, 0.1) is 0 Å². The standard InChI is InChI=1S/C19H21N5O2S.ClH/c20-18(23-27)22-19(21)24(10-8-14-4-2-1-3-5-14)11-9-15-6-7-16-17(12-15)26-13-25-16;/h1-7,12H,8-11,13H2,(H3,20,21,22);1H. The normalized spacial score (nSPS) is 11.3. The zero-order chi connectivity index (χ0) is 19.1. The number of hydrogen-bond donors (Lipinski definition) is 3. The number of halogens is 1. The molecule has 0 saturated heterocycles. The van der Waals surface area contributed by atoms with Crippen molar-refractivity contribution in [1.82, 2.24) is 10.2 Å². The number of nitrogens with one attached hydrogen (secondary N) is 3. The van der Waals surface area contributed by atoms with E-state index in [1.807, 2.05) is 41.3 Å². The van der Waals surface area contributed by atoms with E-state index in [9.17, 15) is 0 Å². The van der Waals surface area contributed by atoms with Crippen molar-refractivity contribution in [2.45, 2.75) is 12.8 Å². The molecule has 0 aromatic heterocycles. The average molecular weight is 420 g/mol. The van der Waals surface area contributed by atoms with Crippen LogP contribution in [0.1, 0.15) is 11.1 Å². The summed E-state index contributed by atoms with van der Waals surface area (Å²) in [5.41, 5.74) is 2.29. The molecule has 3 rings (SSSR count). The Balaban J connectivity index is 0.00000280. The Labute approximate surface area is 175 Å². The fourth-order valence-electron chi connectivity index (χ4n) is 2.82. The Morgan fingerprint density at radius 3 is 2.39 bits per heavy atom. The van der Waals surface area contributed by atoms with Gasteiger partial charge in [-0.25, -0.2) is 0 Å². The van der Waals surface area contributed by atoms with E-state index in [2.05, 4.69) is 34.2 Å². The highest BCUT2D eigenvalue weighted by molar-refractivity contribution is 7.47. The molecule has 1 heterocycles. The van der Waals surface area contributed by atoms with Crippen LogP contribution in [0.25, 0.3) is 0 Å². The van der Waals surface area contributed by atoms with Crippen LogP contribution >= 0.6 is 12.4 Å². The van der Waals surface area contributed by atoms with Crippen molar-refractivity contribution in [2.24, 2.45) is 4.36 Å². The van der Waals surface area contributed by atoms with Crippen molar-refractivity contribution in [3.8, 4) is 11.5 Å². The molecule has 28 heavy (non-hydrogen) atoms. The lowest BCUT2D eigenvalue weighted by Crippen LogP contribution is -2.44. The van der Waals surface area contributed by atoms with Crippen LogP contribution < -0.4 is 14.8 Å². The number of nitrogens with zero attached hydrogens (tertiary/aromatic N) is 2. The monoisotopic (exact) mass is 419 g/mol. The van der Waals surface area contributed by atoms with Gasteiger partial charge in [0.25, 0.3) is 0 Å². The van der Waals surface area contributed by atoms with Gasteiger partial charge in [-0.05, 0) is 36.1 Å². The van der Waals surface area contributed by atoms with Gasteiger partial charge in [0.1, 0.15) is 0 Å². The van der Waals surface area contributed by atoms with E-state index in [1.54, 1.807) is 0 Å². The predicted octanol–water partition coefficient (Wildman–Crippen LogP) is 3.11. The highest BCUT2D eigenvalue weighted by atomic mass is 35.5. The first-order valence-corrected chi connectivity index (χ1v) is 8.97. The molecular formula is C19H22ClN5O2S. The lowest BCUT2D eigenvalue weighted by Gasteiger charge is -2.25. The third-order valence-corrected chi connectivity index (χ3v) is 4.45. The predicted molar refractivity (Wildman–Crippen MR) is 114 cm³/mol. The van der Waals surface area contributed by atoms with Gasteiger partial charge in [0.2, 0.25) is 12.8 Å². The van der Waals surface area contributed by atoms with Crippen molar-refractivity contribution < 1.29 is 9.47 Å². The van der Waals surface area contributed by atoms with Gasteiger partial charge < -0.3 is 14.4 Å². The van der Waals surface area contributed by atoms with Crippen LogP contribution in [-0.2, 0) is 25.3 Å². The van der Waals surface area contributed by atoms with E-state index in [-0.39, 0.29) is 31.1 Å². The van der Waals surface area contributed by atoms with Crippen molar-refractivity contribution in [3.05, 3.63) is 59.7 Å². The molecule has 0 radical (unpaired) electrons. The minimum atomic E-state index is -0.206. The molecule has 0 spiro atoms. The minimum absolute atomic E-state index is 0. The molecule has 1 aliphatic rings. The maximum atomic E-state index is 8.26. The second-order valence-electron chi connectivity index (χ2n) is 6.07. The summed E-state index contributed by atoms with van der Waals surface area (Å²) in [6.07, 6.45) is 1.53. The molecular weight excluding hydrogens is 398 g/mol. The van der Waals surface area contributed by atoms with Gasteiger partial charge in [-0.1, -0.05) is 36.4 Å². The third kappa shape index (κ3) is 5.90. The van der Waals surface area contributed by atoms with E-state index < -0.39 is 0 Å². The lowest BCUT2D eigenvalue weighted by molar-refractivity contribution is 0.174. The molecule has 148 valence electrons. The summed E-state index contributed by atoms with van der Waals surface area (Å²) in [5.74, 6) is 1.42. The molecule has 0 atom stereocenters. The summed E-state index contributed by atoms with van der Waals surface area (Å²) in [6.45, 7) is 1.51. The molecule has 0 bridgehead atoms. The second-order valence-corrected chi connectivity index (χ2v) is 6.26.